The molecule has 0 aromatic carbocycles. The Kier molecular flexibility index (Phi) is 6.38. The third kappa shape index (κ3) is 7.28. The minimum absolute atomic E-state index is 0.264. The molecule has 0 bridgehead atoms. The summed E-state index contributed by atoms with van der Waals surface area (Å²) in [5.41, 5.74) is 0. The third-order valence-corrected chi connectivity index (χ3v) is 1.58. The predicted molar refractivity (Wildman–Crippen MR) is 49.2 cm³/mol. The minimum Gasteiger partial charge on any atom is -0.481 e. The Hall–Kier alpha value is -0.830. The highest BCUT2D eigenvalue weighted by Gasteiger charge is 1.98. The second kappa shape index (κ2) is 6.85. The summed E-state index contributed by atoms with van der Waals surface area (Å²) < 4.78 is 0. The number of likely N-dealkylation sites (N-methyl/N-ethyl adjacent to an activating group) is 1. The summed E-state index contributed by atoms with van der Waals surface area (Å²) in [5.74, 6) is -0.713. The van der Waals surface area contributed by atoms with Crippen molar-refractivity contribution in [3.8, 4) is 0 Å². The van der Waals surface area contributed by atoms with Gasteiger partial charge >= 0.3 is 5.97 Å². The molecule has 70 valence electrons. The van der Waals surface area contributed by atoms with E-state index >= 15 is 0 Å². The number of hydrogen-bond acceptors (Lipinski definition) is 2. The van der Waals surface area contributed by atoms with Gasteiger partial charge in [0.2, 0.25) is 0 Å². The number of carboxylic acids is 1. The zero-order valence-corrected chi connectivity index (χ0v) is 7.79. The largest absolute Gasteiger partial charge is 0.481 e. The summed E-state index contributed by atoms with van der Waals surface area (Å²) in [4.78, 5) is 12.3. The number of allylic oxidation sites excluding steroid dienone is 1. The van der Waals surface area contributed by atoms with Gasteiger partial charge in [0.25, 0.3) is 0 Å². The van der Waals surface area contributed by atoms with E-state index in [0.717, 1.165) is 19.5 Å². The van der Waals surface area contributed by atoms with Crippen LogP contribution in [0.1, 0.15) is 19.8 Å². The van der Waals surface area contributed by atoms with Gasteiger partial charge in [-0.05, 0) is 26.9 Å². The van der Waals surface area contributed by atoms with E-state index in [2.05, 4.69) is 11.0 Å². The number of nitrogens with zero attached hydrogens (tertiary/aromatic N) is 1. The SMILES string of the molecule is CC=CCN(C)CCCC(=O)O. The van der Waals surface area contributed by atoms with Crippen molar-refractivity contribution in [2.75, 3.05) is 20.1 Å². The Balaban J connectivity index is 3.31. The molecule has 3 heteroatoms. The Bertz CT molecular complexity index is 155. The number of hydrogen-bond donors (Lipinski definition) is 1. The van der Waals surface area contributed by atoms with E-state index in [4.69, 9.17) is 5.11 Å². The lowest BCUT2D eigenvalue weighted by molar-refractivity contribution is -0.137. The van der Waals surface area contributed by atoms with Crippen molar-refractivity contribution in [3.05, 3.63) is 12.2 Å². The zero-order chi connectivity index (χ0) is 9.40. The van der Waals surface area contributed by atoms with Gasteiger partial charge in [0, 0.05) is 13.0 Å². The summed E-state index contributed by atoms with van der Waals surface area (Å²) in [7, 11) is 1.99. The van der Waals surface area contributed by atoms with Crippen LogP contribution in [0.3, 0.4) is 0 Å². The summed E-state index contributed by atoms with van der Waals surface area (Å²) in [6.07, 6.45) is 5.04. The molecule has 0 saturated carbocycles. The third-order valence-electron chi connectivity index (χ3n) is 1.58. The van der Waals surface area contributed by atoms with E-state index < -0.39 is 5.97 Å². The molecule has 0 atom stereocenters. The molecule has 3 nitrogen and oxygen atoms in total. The highest BCUT2D eigenvalue weighted by molar-refractivity contribution is 5.66. The molecule has 0 fully saturated rings. The predicted octanol–water partition coefficient (Wildman–Crippen LogP) is 1.36. The molecule has 0 aromatic rings. The van der Waals surface area contributed by atoms with Crippen molar-refractivity contribution < 1.29 is 9.90 Å². The summed E-state index contributed by atoms with van der Waals surface area (Å²) in [5, 5.41) is 8.37. The number of rotatable bonds is 6. The molecule has 1 N–H and O–H groups in total. The van der Waals surface area contributed by atoms with Crippen molar-refractivity contribution in [1.82, 2.24) is 4.90 Å². The van der Waals surface area contributed by atoms with E-state index in [-0.39, 0.29) is 6.42 Å². The molecule has 0 heterocycles. The Morgan fingerprint density at radius 1 is 1.58 bits per heavy atom. The first kappa shape index (κ1) is 11.2. The molecule has 0 spiro atoms. The Morgan fingerprint density at radius 3 is 2.75 bits per heavy atom. The van der Waals surface area contributed by atoms with Crippen LogP contribution in [0.25, 0.3) is 0 Å². The van der Waals surface area contributed by atoms with Crippen molar-refractivity contribution in [2.24, 2.45) is 0 Å². The van der Waals surface area contributed by atoms with E-state index in [1.807, 2.05) is 20.0 Å². The van der Waals surface area contributed by atoms with Gasteiger partial charge in [-0.3, -0.25) is 4.79 Å². The molecule has 0 radical (unpaired) electrons. The molecule has 0 amide bonds. The molecule has 12 heavy (non-hydrogen) atoms. The number of carbonyl (C=O) groups is 1. The molecule has 0 unspecified atom stereocenters. The lowest BCUT2D eigenvalue weighted by Gasteiger charge is -2.12. The fraction of sp³-hybridized carbons (Fsp3) is 0.667. The summed E-state index contributed by atoms with van der Waals surface area (Å²) in [6.45, 7) is 3.72. The first-order chi connectivity index (χ1) is 5.66. The highest BCUT2D eigenvalue weighted by Crippen LogP contribution is 1.92. The quantitative estimate of drug-likeness (QED) is 0.613. The average molecular weight is 171 g/mol. The first-order valence-corrected chi connectivity index (χ1v) is 4.18. The fourth-order valence-electron chi connectivity index (χ4n) is 0.877. The van der Waals surface area contributed by atoms with Crippen LogP contribution in [0, 0.1) is 0 Å². The van der Waals surface area contributed by atoms with Gasteiger partial charge in [-0.25, -0.2) is 0 Å². The maximum absolute atomic E-state index is 10.2. The zero-order valence-electron chi connectivity index (χ0n) is 7.79. The minimum atomic E-state index is -0.713. The second-order valence-corrected chi connectivity index (χ2v) is 2.83. The van der Waals surface area contributed by atoms with Gasteiger partial charge in [-0.2, -0.15) is 0 Å². The summed E-state index contributed by atoms with van der Waals surface area (Å²) >= 11 is 0. The van der Waals surface area contributed by atoms with Crippen molar-refractivity contribution in [3.63, 3.8) is 0 Å². The molecule has 0 aliphatic heterocycles. The molecule has 0 rings (SSSR count). The molecule has 0 aliphatic carbocycles. The fourth-order valence-corrected chi connectivity index (χ4v) is 0.877. The normalized spacial score (nSPS) is 11.2. The van der Waals surface area contributed by atoms with Crippen LogP contribution in [0.2, 0.25) is 0 Å². The Morgan fingerprint density at radius 2 is 2.25 bits per heavy atom. The van der Waals surface area contributed by atoms with E-state index in [1.165, 1.54) is 0 Å². The van der Waals surface area contributed by atoms with Crippen LogP contribution in [-0.4, -0.2) is 36.1 Å². The van der Waals surface area contributed by atoms with E-state index in [1.54, 1.807) is 0 Å². The standard InChI is InChI=1S/C9H17NO2/c1-3-4-7-10(2)8-5-6-9(11)12/h3-4H,5-8H2,1-2H3,(H,11,12). The van der Waals surface area contributed by atoms with Gasteiger partial charge in [0.1, 0.15) is 0 Å². The van der Waals surface area contributed by atoms with Crippen LogP contribution in [0.4, 0.5) is 0 Å². The average Bonchev–Trinajstić information content (AvgIpc) is 2.00. The smallest absolute Gasteiger partial charge is 0.303 e. The second-order valence-electron chi connectivity index (χ2n) is 2.83. The molecule has 0 saturated heterocycles. The highest BCUT2D eigenvalue weighted by atomic mass is 16.4. The van der Waals surface area contributed by atoms with Crippen LogP contribution in [0.15, 0.2) is 12.2 Å². The lowest BCUT2D eigenvalue weighted by atomic mass is 10.3. The van der Waals surface area contributed by atoms with Crippen LogP contribution in [0.5, 0.6) is 0 Å². The van der Waals surface area contributed by atoms with Gasteiger partial charge in [-0.15, -0.1) is 0 Å². The number of aliphatic carboxylic acids is 1. The lowest BCUT2D eigenvalue weighted by Crippen LogP contribution is -2.20. The number of carboxylic acid groups (broad SMARTS) is 1. The molecule has 0 aromatic heterocycles. The van der Waals surface area contributed by atoms with Gasteiger partial charge in [0.15, 0.2) is 0 Å². The van der Waals surface area contributed by atoms with Crippen LogP contribution in [-0.2, 0) is 4.79 Å². The van der Waals surface area contributed by atoms with Crippen molar-refractivity contribution >= 4 is 5.97 Å². The molecule has 0 aliphatic rings. The van der Waals surface area contributed by atoms with Crippen LogP contribution >= 0.6 is 0 Å². The van der Waals surface area contributed by atoms with E-state index in [0.29, 0.717) is 0 Å². The van der Waals surface area contributed by atoms with Gasteiger partial charge in [-0.1, -0.05) is 12.2 Å². The monoisotopic (exact) mass is 171 g/mol. The van der Waals surface area contributed by atoms with Gasteiger partial charge in [0.05, 0.1) is 0 Å². The van der Waals surface area contributed by atoms with Crippen molar-refractivity contribution in [2.45, 2.75) is 19.8 Å². The Labute approximate surface area is 73.7 Å². The molecular weight excluding hydrogens is 154 g/mol. The molecular formula is C9H17NO2. The van der Waals surface area contributed by atoms with Gasteiger partial charge < -0.3 is 10.0 Å². The van der Waals surface area contributed by atoms with E-state index in [9.17, 15) is 4.79 Å². The topological polar surface area (TPSA) is 40.5 Å². The van der Waals surface area contributed by atoms with Crippen molar-refractivity contribution in [1.29, 1.82) is 0 Å². The maximum atomic E-state index is 10.2. The maximum Gasteiger partial charge on any atom is 0.303 e. The van der Waals surface area contributed by atoms with Crippen LogP contribution < -0.4 is 0 Å². The first-order valence-electron chi connectivity index (χ1n) is 4.18. The summed E-state index contributed by atoms with van der Waals surface area (Å²) in [6, 6.07) is 0.